The van der Waals surface area contributed by atoms with E-state index in [1.165, 1.54) is 20.2 Å². The van der Waals surface area contributed by atoms with E-state index in [1.54, 1.807) is 0 Å². The van der Waals surface area contributed by atoms with Crippen LogP contribution in [-0.2, 0) is 30.2 Å². The van der Waals surface area contributed by atoms with Crippen LogP contribution in [0.2, 0.25) is 0 Å². The van der Waals surface area contributed by atoms with Crippen molar-refractivity contribution in [3.8, 4) is 0 Å². The molecule has 2 aromatic heterocycles. The first-order valence-electron chi connectivity index (χ1n) is 8.39. The van der Waals surface area contributed by atoms with E-state index in [1.807, 2.05) is 4.57 Å². The average Bonchev–Trinajstić information content (AvgIpc) is 3.03. The molecule has 4 heterocycles. The number of anilines is 1. The number of nitrogens with two attached hydrogens (primary N) is 1. The lowest BCUT2D eigenvalue weighted by atomic mass is 9.93. The summed E-state index contributed by atoms with van der Waals surface area (Å²) in [6.07, 6.45) is 1.15. The molecule has 0 aliphatic carbocycles. The van der Waals surface area contributed by atoms with Gasteiger partial charge in [-0.15, -0.1) is 0 Å². The number of imidazole rings is 1. The Morgan fingerprint density at radius 2 is 2.15 bits per heavy atom. The van der Waals surface area contributed by atoms with Crippen molar-refractivity contribution in [1.29, 1.82) is 0 Å². The summed E-state index contributed by atoms with van der Waals surface area (Å²) >= 11 is 0. The number of carbonyl (C=O) groups excluding carboxylic acids is 2. The van der Waals surface area contributed by atoms with Crippen molar-refractivity contribution >= 4 is 28.9 Å². The summed E-state index contributed by atoms with van der Waals surface area (Å²) in [7, 11) is 0. The molecule has 0 unspecified atom stereocenters. The average molecular weight is 361 g/mol. The maximum Gasteiger partial charge on any atom is 0.303 e. The van der Waals surface area contributed by atoms with Crippen LogP contribution in [0.5, 0.6) is 0 Å². The SMILES string of the molecule is CC(=O)OC[C@H]1O[C@@H]2[C@H](OC(C)=O)[C@H]1CCc1nc3c(N)ncnc3n12. The molecule has 4 atom stereocenters. The van der Waals surface area contributed by atoms with Gasteiger partial charge in [0.2, 0.25) is 0 Å². The van der Waals surface area contributed by atoms with Crippen molar-refractivity contribution < 1.29 is 23.8 Å². The highest BCUT2D eigenvalue weighted by Gasteiger charge is 2.50. The quantitative estimate of drug-likeness (QED) is 0.770. The molecule has 138 valence electrons. The van der Waals surface area contributed by atoms with Gasteiger partial charge < -0.3 is 19.9 Å². The van der Waals surface area contributed by atoms with E-state index >= 15 is 0 Å². The summed E-state index contributed by atoms with van der Waals surface area (Å²) in [6.45, 7) is 2.81. The van der Waals surface area contributed by atoms with Crippen LogP contribution in [0, 0.1) is 5.92 Å². The smallest absolute Gasteiger partial charge is 0.303 e. The molecule has 10 heteroatoms. The van der Waals surface area contributed by atoms with Gasteiger partial charge in [-0.2, -0.15) is 0 Å². The van der Waals surface area contributed by atoms with Crippen molar-refractivity contribution in [2.75, 3.05) is 12.3 Å². The number of aromatic nitrogens is 4. The molecule has 1 fully saturated rings. The Balaban J connectivity index is 1.77. The minimum absolute atomic E-state index is 0.105. The molecule has 2 aromatic rings. The van der Waals surface area contributed by atoms with Crippen LogP contribution in [0.4, 0.5) is 5.82 Å². The molecule has 1 saturated heterocycles. The Labute approximate surface area is 148 Å². The maximum absolute atomic E-state index is 11.7. The molecule has 2 N–H and O–H groups in total. The second kappa shape index (κ2) is 6.20. The summed E-state index contributed by atoms with van der Waals surface area (Å²) in [4.78, 5) is 35.6. The van der Waals surface area contributed by atoms with Gasteiger partial charge in [0.25, 0.3) is 0 Å². The number of aryl methyl sites for hydroxylation is 1. The Morgan fingerprint density at radius 3 is 2.88 bits per heavy atom. The van der Waals surface area contributed by atoms with Gasteiger partial charge in [-0.3, -0.25) is 14.2 Å². The van der Waals surface area contributed by atoms with E-state index in [-0.39, 0.29) is 30.4 Å². The Hall–Kier alpha value is -2.75. The van der Waals surface area contributed by atoms with Crippen LogP contribution < -0.4 is 5.73 Å². The minimum Gasteiger partial charge on any atom is -0.463 e. The van der Waals surface area contributed by atoms with E-state index < -0.39 is 18.3 Å². The van der Waals surface area contributed by atoms with Gasteiger partial charge in [-0.25, -0.2) is 15.0 Å². The summed E-state index contributed by atoms with van der Waals surface area (Å²) in [5, 5.41) is 0. The first kappa shape index (κ1) is 16.7. The molecule has 0 amide bonds. The number of rotatable bonds is 3. The molecule has 0 aromatic carbocycles. The fourth-order valence-corrected chi connectivity index (χ4v) is 3.75. The predicted molar refractivity (Wildman–Crippen MR) is 87.6 cm³/mol. The molecule has 0 radical (unpaired) electrons. The Morgan fingerprint density at radius 1 is 1.35 bits per heavy atom. The van der Waals surface area contributed by atoms with Crippen LogP contribution in [0.15, 0.2) is 6.33 Å². The third-order valence-corrected chi connectivity index (χ3v) is 4.78. The minimum atomic E-state index is -0.610. The van der Waals surface area contributed by atoms with Crippen molar-refractivity contribution in [2.24, 2.45) is 5.92 Å². The van der Waals surface area contributed by atoms with Crippen LogP contribution in [0.3, 0.4) is 0 Å². The lowest BCUT2D eigenvalue weighted by Crippen LogP contribution is -2.31. The summed E-state index contributed by atoms with van der Waals surface area (Å²) in [5.41, 5.74) is 6.94. The van der Waals surface area contributed by atoms with Crippen molar-refractivity contribution in [1.82, 2.24) is 19.5 Å². The van der Waals surface area contributed by atoms with E-state index in [0.29, 0.717) is 24.0 Å². The zero-order valence-electron chi connectivity index (χ0n) is 14.4. The van der Waals surface area contributed by atoms with Gasteiger partial charge >= 0.3 is 11.9 Å². The highest BCUT2D eigenvalue weighted by atomic mass is 16.6. The zero-order chi connectivity index (χ0) is 18.4. The van der Waals surface area contributed by atoms with Gasteiger partial charge in [0.05, 0.1) is 0 Å². The van der Waals surface area contributed by atoms with E-state index in [0.717, 1.165) is 5.82 Å². The standard InChI is InChI=1S/C16H19N5O5/c1-7(22)24-5-10-9-3-4-11-20-12-14(17)18-6-19-15(12)21(11)16(26-10)13(9)25-8(2)23/h6,9-10,13,16H,3-5H2,1-2H3,(H2,17,18,19)/t9-,10+,13+,16+/m0/s1. The predicted octanol–water partition coefficient (Wildman–Crippen LogP) is 0.363. The van der Waals surface area contributed by atoms with Gasteiger partial charge in [0, 0.05) is 26.2 Å². The molecule has 2 bridgehead atoms. The topological polar surface area (TPSA) is 131 Å². The molecule has 2 aliphatic rings. The number of carbonyl (C=O) groups is 2. The van der Waals surface area contributed by atoms with Crippen molar-refractivity contribution in [3.05, 3.63) is 12.2 Å². The van der Waals surface area contributed by atoms with Crippen molar-refractivity contribution in [3.63, 3.8) is 0 Å². The number of ether oxygens (including phenoxy) is 3. The third-order valence-electron chi connectivity index (χ3n) is 4.78. The van der Waals surface area contributed by atoms with Crippen LogP contribution in [0.1, 0.15) is 32.3 Å². The van der Waals surface area contributed by atoms with Crippen LogP contribution in [0.25, 0.3) is 11.2 Å². The molecule has 10 nitrogen and oxygen atoms in total. The van der Waals surface area contributed by atoms with E-state index in [4.69, 9.17) is 19.9 Å². The number of hydrogen-bond acceptors (Lipinski definition) is 9. The highest BCUT2D eigenvalue weighted by molar-refractivity contribution is 5.82. The highest BCUT2D eigenvalue weighted by Crippen LogP contribution is 2.43. The number of nitrogen functional groups attached to an aromatic ring is 1. The number of fused-ring (bicyclic) bond motifs is 6. The lowest BCUT2D eigenvalue weighted by molar-refractivity contribution is -0.153. The second-order valence-electron chi connectivity index (χ2n) is 6.47. The molecule has 4 rings (SSSR count). The fraction of sp³-hybridized carbons (Fsp3) is 0.562. The molecule has 0 spiro atoms. The lowest BCUT2D eigenvalue weighted by Gasteiger charge is -2.21. The van der Waals surface area contributed by atoms with E-state index in [9.17, 15) is 9.59 Å². The second-order valence-corrected chi connectivity index (χ2v) is 6.47. The van der Waals surface area contributed by atoms with Crippen LogP contribution in [-0.4, -0.2) is 50.3 Å². The largest absolute Gasteiger partial charge is 0.463 e. The number of nitrogens with zero attached hydrogens (tertiary/aromatic N) is 4. The zero-order valence-corrected chi connectivity index (χ0v) is 14.4. The van der Waals surface area contributed by atoms with Crippen LogP contribution >= 0.6 is 0 Å². The van der Waals surface area contributed by atoms with Crippen molar-refractivity contribution in [2.45, 2.75) is 45.1 Å². The molecule has 2 aliphatic heterocycles. The Bertz CT molecular complexity index is 881. The van der Waals surface area contributed by atoms with Gasteiger partial charge in [-0.1, -0.05) is 0 Å². The number of hydrogen-bond donors (Lipinski definition) is 1. The third kappa shape index (κ3) is 2.66. The normalized spacial score (nSPS) is 27.0. The summed E-state index contributed by atoms with van der Waals surface area (Å²) < 4.78 is 18.6. The molecule has 0 saturated carbocycles. The van der Waals surface area contributed by atoms with Gasteiger partial charge in [0.1, 0.15) is 24.9 Å². The van der Waals surface area contributed by atoms with Gasteiger partial charge in [-0.05, 0) is 6.42 Å². The van der Waals surface area contributed by atoms with E-state index in [2.05, 4.69) is 15.0 Å². The first-order valence-corrected chi connectivity index (χ1v) is 8.39. The summed E-state index contributed by atoms with van der Waals surface area (Å²) in [5.74, 6) is 0.141. The Kier molecular flexibility index (Phi) is 3.98. The van der Waals surface area contributed by atoms with Gasteiger partial charge in [0.15, 0.2) is 29.3 Å². The fourth-order valence-electron chi connectivity index (χ4n) is 3.75. The number of esters is 2. The summed E-state index contributed by atoms with van der Waals surface area (Å²) in [6, 6.07) is 0. The monoisotopic (exact) mass is 361 g/mol. The molecular formula is C16H19N5O5. The maximum atomic E-state index is 11.7. The first-order chi connectivity index (χ1) is 12.5. The molecular weight excluding hydrogens is 342 g/mol. The molecule has 26 heavy (non-hydrogen) atoms.